The molecule has 0 unspecified atom stereocenters. The highest BCUT2D eigenvalue weighted by molar-refractivity contribution is 5.73. The Hall–Kier alpha value is -0.570. The first kappa shape index (κ1) is 9.52. The molecular weight excluding hydrogens is 152 g/mol. The summed E-state index contributed by atoms with van der Waals surface area (Å²) in [6, 6.07) is 0.297. The minimum absolute atomic E-state index is 0.181. The van der Waals surface area contributed by atoms with E-state index in [0.29, 0.717) is 12.0 Å². The molecule has 0 aromatic heterocycles. The van der Waals surface area contributed by atoms with Crippen LogP contribution in [0.4, 0.5) is 0 Å². The highest BCUT2D eigenvalue weighted by Crippen LogP contribution is 2.18. The smallest absolute Gasteiger partial charge is 0.219 e. The quantitative estimate of drug-likeness (QED) is 0.626. The van der Waals surface area contributed by atoms with Crippen LogP contribution in [0.5, 0.6) is 0 Å². The molecule has 1 aliphatic heterocycles. The van der Waals surface area contributed by atoms with Crippen molar-refractivity contribution in [1.29, 1.82) is 0 Å². The molecular formula is C9H18N2O. The molecule has 1 heterocycles. The lowest BCUT2D eigenvalue weighted by Gasteiger charge is -2.35. The van der Waals surface area contributed by atoms with Crippen molar-refractivity contribution >= 4 is 5.91 Å². The number of rotatable bonds is 1. The van der Waals surface area contributed by atoms with E-state index in [1.807, 2.05) is 4.90 Å². The summed E-state index contributed by atoms with van der Waals surface area (Å²) in [6.07, 6.45) is 2.03. The van der Waals surface area contributed by atoms with Crippen LogP contribution in [0.1, 0.15) is 26.7 Å². The molecule has 1 fully saturated rings. The molecule has 1 rings (SSSR count). The van der Waals surface area contributed by atoms with Gasteiger partial charge in [-0.25, -0.2) is 0 Å². The Morgan fingerprint density at radius 3 is 2.83 bits per heavy atom. The first-order valence-electron chi connectivity index (χ1n) is 4.66. The standard InChI is InChI=1S/C9H18N2O/c1-3-8-6-11(7(2)12)5-4-9(8)10/h8-9H,3-6,10H2,1-2H3/t8-,9-/m0/s1. The van der Waals surface area contributed by atoms with E-state index in [9.17, 15) is 4.79 Å². The zero-order chi connectivity index (χ0) is 9.14. The summed E-state index contributed by atoms with van der Waals surface area (Å²) in [5.41, 5.74) is 5.91. The molecule has 0 aromatic rings. The number of nitrogens with two attached hydrogens (primary N) is 1. The Morgan fingerprint density at radius 2 is 2.33 bits per heavy atom. The first-order valence-corrected chi connectivity index (χ1v) is 4.66. The van der Waals surface area contributed by atoms with Crippen molar-refractivity contribution in [2.24, 2.45) is 11.7 Å². The maximum absolute atomic E-state index is 11.1. The predicted octanol–water partition coefficient (Wildman–Crippen LogP) is 0.592. The van der Waals surface area contributed by atoms with Gasteiger partial charge in [0, 0.05) is 26.1 Å². The van der Waals surface area contributed by atoms with Gasteiger partial charge in [-0.1, -0.05) is 13.3 Å². The van der Waals surface area contributed by atoms with E-state index in [1.165, 1.54) is 0 Å². The Bertz CT molecular complexity index is 170. The summed E-state index contributed by atoms with van der Waals surface area (Å²) in [4.78, 5) is 13.0. The summed E-state index contributed by atoms with van der Waals surface area (Å²) in [5, 5.41) is 0. The molecule has 3 heteroatoms. The second-order valence-corrected chi connectivity index (χ2v) is 3.59. The zero-order valence-electron chi connectivity index (χ0n) is 7.92. The first-order chi connectivity index (χ1) is 5.65. The third kappa shape index (κ3) is 1.97. The van der Waals surface area contributed by atoms with Gasteiger partial charge in [0.1, 0.15) is 0 Å². The Kier molecular flexibility index (Phi) is 3.09. The van der Waals surface area contributed by atoms with Crippen molar-refractivity contribution in [1.82, 2.24) is 4.90 Å². The highest BCUT2D eigenvalue weighted by Gasteiger charge is 2.26. The van der Waals surface area contributed by atoms with Crippen LogP contribution in [0.3, 0.4) is 0 Å². The predicted molar refractivity (Wildman–Crippen MR) is 48.6 cm³/mol. The molecule has 2 atom stereocenters. The number of nitrogens with zero attached hydrogens (tertiary/aromatic N) is 1. The van der Waals surface area contributed by atoms with Gasteiger partial charge in [0.25, 0.3) is 0 Å². The molecule has 0 bridgehead atoms. The third-order valence-corrected chi connectivity index (χ3v) is 2.76. The fourth-order valence-electron chi connectivity index (χ4n) is 1.77. The lowest BCUT2D eigenvalue weighted by molar-refractivity contribution is -0.130. The minimum atomic E-state index is 0.181. The van der Waals surface area contributed by atoms with Crippen LogP contribution in [-0.4, -0.2) is 29.9 Å². The van der Waals surface area contributed by atoms with Crippen LogP contribution in [0.2, 0.25) is 0 Å². The van der Waals surface area contributed by atoms with E-state index in [2.05, 4.69) is 6.92 Å². The lowest BCUT2D eigenvalue weighted by atomic mass is 9.91. The van der Waals surface area contributed by atoms with Gasteiger partial charge in [-0.2, -0.15) is 0 Å². The average molecular weight is 170 g/mol. The molecule has 0 spiro atoms. The van der Waals surface area contributed by atoms with Gasteiger partial charge in [0.15, 0.2) is 0 Å². The molecule has 2 N–H and O–H groups in total. The van der Waals surface area contributed by atoms with Crippen LogP contribution < -0.4 is 5.73 Å². The Labute approximate surface area is 73.9 Å². The van der Waals surface area contributed by atoms with Gasteiger partial charge in [0.05, 0.1) is 0 Å². The average Bonchev–Trinajstić information content (AvgIpc) is 2.05. The van der Waals surface area contributed by atoms with E-state index in [4.69, 9.17) is 5.73 Å². The number of likely N-dealkylation sites (tertiary alicyclic amines) is 1. The van der Waals surface area contributed by atoms with Crippen molar-refractivity contribution in [3.8, 4) is 0 Å². The summed E-state index contributed by atoms with van der Waals surface area (Å²) < 4.78 is 0. The molecule has 0 radical (unpaired) electrons. The largest absolute Gasteiger partial charge is 0.343 e. The fourth-order valence-corrected chi connectivity index (χ4v) is 1.77. The van der Waals surface area contributed by atoms with E-state index in [-0.39, 0.29) is 5.91 Å². The van der Waals surface area contributed by atoms with Crippen LogP contribution in [0.25, 0.3) is 0 Å². The van der Waals surface area contributed by atoms with E-state index in [0.717, 1.165) is 25.9 Å². The molecule has 1 aliphatic rings. The van der Waals surface area contributed by atoms with Crippen molar-refractivity contribution in [3.63, 3.8) is 0 Å². The highest BCUT2D eigenvalue weighted by atomic mass is 16.2. The summed E-state index contributed by atoms with van der Waals surface area (Å²) in [6.45, 7) is 5.46. The molecule has 1 amide bonds. The molecule has 1 saturated heterocycles. The molecule has 3 nitrogen and oxygen atoms in total. The Balaban J connectivity index is 2.49. The molecule has 0 aromatic carbocycles. The van der Waals surface area contributed by atoms with Crippen molar-refractivity contribution in [2.75, 3.05) is 13.1 Å². The van der Waals surface area contributed by atoms with E-state index >= 15 is 0 Å². The van der Waals surface area contributed by atoms with E-state index in [1.54, 1.807) is 6.92 Å². The van der Waals surface area contributed by atoms with Gasteiger partial charge >= 0.3 is 0 Å². The summed E-state index contributed by atoms with van der Waals surface area (Å²) in [7, 11) is 0. The van der Waals surface area contributed by atoms with Gasteiger partial charge in [-0.3, -0.25) is 4.79 Å². The lowest BCUT2D eigenvalue weighted by Crippen LogP contribution is -2.48. The van der Waals surface area contributed by atoms with Gasteiger partial charge in [-0.05, 0) is 12.3 Å². The number of amides is 1. The van der Waals surface area contributed by atoms with Crippen LogP contribution >= 0.6 is 0 Å². The second-order valence-electron chi connectivity index (χ2n) is 3.59. The third-order valence-electron chi connectivity index (χ3n) is 2.76. The monoisotopic (exact) mass is 170 g/mol. The maximum atomic E-state index is 11.1. The second kappa shape index (κ2) is 3.90. The number of hydrogen-bond donors (Lipinski definition) is 1. The zero-order valence-corrected chi connectivity index (χ0v) is 7.92. The van der Waals surface area contributed by atoms with Crippen molar-refractivity contribution < 1.29 is 4.79 Å². The topological polar surface area (TPSA) is 46.3 Å². The van der Waals surface area contributed by atoms with Crippen molar-refractivity contribution in [3.05, 3.63) is 0 Å². The van der Waals surface area contributed by atoms with Gasteiger partial charge < -0.3 is 10.6 Å². The van der Waals surface area contributed by atoms with Gasteiger partial charge in [0.2, 0.25) is 5.91 Å². The molecule has 12 heavy (non-hydrogen) atoms. The molecule has 70 valence electrons. The maximum Gasteiger partial charge on any atom is 0.219 e. The molecule has 0 aliphatic carbocycles. The van der Waals surface area contributed by atoms with Crippen LogP contribution in [-0.2, 0) is 4.79 Å². The van der Waals surface area contributed by atoms with Gasteiger partial charge in [-0.15, -0.1) is 0 Å². The minimum Gasteiger partial charge on any atom is -0.343 e. The summed E-state index contributed by atoms with van der Waals surface area (Å²) >= 11 is 0. The normalized spacial score (nSPS) is 30.4. The molecule has 0 saturated carbocycles. The fraction of sp³-hybridized carbons (Fsp3) is 0.889. The number of piperidine rings is 1. The number of carbonyl (C=O) groups is 1. The number of hydrogen-bond acceptors (Lipinski definition) is 2. The van der Waals surface area contributed by atoms with Crippen LogP contribution in [0.15, 0.2) is 0 Å². The number of carbonyl (C=O) groups excluding carboxylic acids is 1. The van der Waals surface area contributed by atoms with E-state index < -0.39 is 0 Å². The SMILES string of the molecule is CC[C@H]1CN(C(C)=O)CC[C@@H]1N. The summed E-state index contributed by atoms with van der Waals surface area (Å²) in [5.74, 6) is 0.683. The Morgan fingerprint density at radius 1 is 1.67 bits per heavy atom. The van der Waals surface area contributed by atoms with Crippen molar-refractivity contribution in [2.45, 2.75) is 32.7 Å². The van der Waals surface area contributed by atoms with Crippen LogP contribution in [0, 0.1) is 5.92 Å².